The molecule has 4 nitrogen and oxygen atoms in total. The average Bonchev–Trinajstić information content (AvgIpc) is 2.60. The van der Waals surface area contributed by atoms with E-state index in [9.17, 15) is 9.59 Å². The minimum atomic E-state index is -0.103. The molecule has 0 aliphatic carbocycles. The van der Waals surface area contributed by atoms with E-state index < -0.39 is 0 Å². The number of amides is 2. The van der Waals surface area contributed by atoms with Gasteiger partial charge in [0.05, 0.1) is 6.54 Å². The molecule has 24 heavy (non-hydrogen) atoms. The number of nitrogens with zero attached hydrogens (tertiary/aromatic N) is 1. The molecule has 1 heterocycles. The summed E-state index contributed by atoms with van der Waals surface area (Å²) in [6.07, 6.45) is 0.317. The first kappa shape index (κ1) is 16.5. The van der Waals surface area contributed by atoms with Gasteiger partial charge in [0.25, 0.3) is 0 Å². The summed E-state index contributed by atoms with van der Waals surface area (Å²) >= 11 is 6.13. The molecule has 2 aromatic carbocycles. The number of piperazine rings is 1. The zero-order chi connectivity index (χ0) is 16.9. The van der Waals surface area contributed by atoms with Gasteiger partial charge in [0.1, 0.15) is 0 Å². The number of benzene rings is 2. The highest BCUT2D eigenvalue weighted by molar-refractivity contribution is 6.30. The van der Waals surface area contributed by atoms with Gasteiger partial charge in [-0.15, -0.1) is 0 Å². The second-order valence-corrected chi connectivity index (χ2v) is 6.32. The molecule has 0 saturated carbocycles. The summed E-state index contributed by atoms with van der Waals surface area (Å²) in [6.45, 7) is 1.20. The molecule has 1 atom stereocenters. The number of hydrogen-bond acceptors (Lipinski definition) is 2. The highest BCUT2D eigenvalue weighted by atomic mass is 35.5. The number of hydrogen-bond donors (Lipinski definition) is 1. The van der Waals surface area contributed by atoms with Gasteiger partial charge >= 0.3 is 0 Å². The first-order valence-electron chi connectivity index (χ1n) is 7.98. The molecule has 1 unspecified atom stereocenters. The molecule has 2 amide bonds. The zero-order valence-electron chi connectivity index (χ0n) is 13.2. The number of rotatable bonds is 4. The van der Waals surface area contributed by atoms with E-state index in [1.165, 1.54) is 0 Å². The van der Waals surface area contributed by atoms with Crippen molar-refractivity contribution in [1.82, 2.24) is 10.2 Å². The van der Waals surface area contributed by atoms with E-state index >= 15 is 0 Å². The number of nitrogens with one attached hydrogen (secondary N) is 1. The van der Waals surface area contributed by atoms with E-state index in [4.69, 9.17) is 11.6 Å². The minimum absolute atomic E-state index is 0.0151. The van der Waals surface area contributed by atoms with Crippen molar-refractivity contribution in [2.75, 3.05) is 19.6 Å². The van der Waals surface area contributed by atoms with E-state index in [-0.39, 0.29) is 24.3 Å². The van der Waals surface area contributed by atoms with E-state index in [0.717, 1.165) is 11.1 Å². The summed E-state index contributed by atoms with van der Waals surface area (Å²) in [7, 11) is 0. The lowest BCUT2D eigenvalue weighted by Gasteiger charge is -2.28. The van der Waals surface area contributed by atoms with Crippen LogP contribution in [-0.4, -0.2) is 36.3 Å². The van der Waals surface area contributed by atoms with Crippen LogP contribution >= 0.6 is 11.6 Å². The quantitative estimate of drug-likeness (QED) is 0.928. The Morgan fingerprint density at radius 1 is 1.12 bits per heavy atom. The Kier molecular flexibility index (Phi) is 5.16. The van der Waals surface area contributed by atoms with Crippen LogP contribution in [0, 0.1) is 0 Å². The van der Waals surface area contributed by atoms with E-state index in [1.807, 2.05) is 54.6 Å². The maximum absolute atomic E-state index is 12.7. The summed E-state index contributed by atoms with van der Waals surface area (Å²) in [5, 5.41) is 3.39. The normalized spacial score (nSPS) is 15.7. The highest BCUT2D eigenvalue weighted by Crippen LogP contribution is 2.30. The molecule has 0 bridgehead atoms. The standard InChI is InChI=1S/C19H19ClN2O2/c20-16-8-4-7-15(11-16)17(14-5-2-1-3-6-14)12-19(24)22-10-9-21-18(23)13-22/h1-8,11,17H,9-10,12-13H2,(H,21,23). The van der Waals surface area contributed by atoms with Crippen LogP contribution < -0.4 is 5.32 Å². The largest absolute Gasteiger partial charge is 0.353 e. The van der Waals surface area contributed by atoms with Crippen molar-refractivity contribution < 1.29 is 9.59 Å². The predicted octanol–water partition coefficient (Wildman–Crippen LogP) is 2.82. The van der Waals surface area contributed by atoms with Crippen LogP contribution in [0.15, 0.2) is 54.6 Å². The van der Waals surface area contributed by atoms with Gasteiger partial charge < -0.3 is 10.2 Å². The third-order valence-corrected chi connectivity index (χ3v) is 4.46. The van der Waals surface area contributed by atoms with E-state index in [2.05, 4.69) is 5.32 Å². The number of carbonyl (C=O) groups excluding carboxylic acids is 2. The second kappa shape index (κ2) is 7.49. The fourth-order valence-corrected chi connectivity index (χ4v) is 3.19. The van der Waals surface area contributed by atoms with Gasteiger partial charge in [0.15, 0.2) is 0 Å². The SMILES string of the molecule is O=C1CN(C(=O)CC(c2ccccc2)c2cccc(Cl)c2)CCN1. The van der Waals surface area contributed by atoms with Crippen molar-refractivity contribution >= 4 is 23.4 Å². The van der Waals surface area contributed by atoms with E-state index in [0.29, 0.717) is 24.5 Å². The monoisotopic (exact) mass is 342 g/mol. The molecule has 1 aliphatic rings. The lowest BCUT2D eigenvalue weighted by molar-refractivity contribution is -0.138. The third-order valence-electron chi connectivity index (χ3n) is 4.22. The van der Waals surface area contributed by atoms with Crippen LogP contribution in [0.2, 0.25) is 5.02 Å². The van der Waals surface area contributed by atoms with Gasteiger partial charge in [0.2, 0.25) is 11.8 Å². The topological polar surface area (TPSA) is 49.4 Å². The molecule has 2 aromatic rings. The van der Waals surface area contributed by atoms with Crippen LogP contribution in [0.25, 0.3) is 0 Å². The average molecular weight is 343 g/mol. The lowest BCUT2D eigenvalue weighted by Crippen LogP contribution is -2.50. The van der Waals surface area contributed by atoms with Gasteiger partial charge in [-0.2, -0.15) is 0 Å². The Labute approximate surface area is 146 Å². The molecule has 5 heteroatoms. The van der Waals surface area contributed by atoms with E-state index in [1.54, 1.807) is 4.90 Å². The molecule has 0 radical (unpaired) electrons. The Hall–Kier alpha value is -2.33. The zero-order valence-corrected chi connectivity index (χ0v) is 14.0. The summed E-state index contributed by atoms with van der Waals surface area (Å²) in [5.41, 5.74) is 2.07. The molecule has 1 N–H and O–H groups in total. The Balaban J connectivity index is 1.85. The fraction of sp³-hybridized carbons (Fsp3) is 0.263. The first-order valence-corrected chi connectivity index (χ1v) is 8.36. The Morgan fingerprint density at radius 3 is 2.58 bits per heavy atom. The Bertz CT molecular complexity index is 733. The predicted molar refractivity (Wildman–Crippen MR) is 93.9 cm³/mol. The molecule has 1 saturated heterocycles. The van der Waals surface area contributed by atoms with Crippen LogP contribution in [-0.2, 0) is 9.59 Å². The summed E-state index contributed by atoms with van der Waals surface area (Å²) in [4.78, 5) is 25.8. The molecule has 1 aliphatic heterocycles. The van der Waals surface area contributed by atoms with Crippen LogP contribution in [0.4, 0.5) is 0 Å². The summed E-state index contributed by atoms with van der Waals surface area (Å²) < 4.78 is 0. The third kappa shape index (κ3) is 3.95. The maximum Gasteiger partial charge on any atom is 0.239 e. The molecule has 1 fully saturated rings. The lowest BCUT2D eigenvalue weighted by atomic mass is 9.88. The highest BCUT2D eigenvalue weighted by Gasteiger charge is 2.25. The van der Waals surface area contributed by atoms with Crippen LogP contribution in [0.3, 0.4) is 0 Å². The van der Waals surface area contributed by atoms with Crippen molar-refractivity contribution in [1.29, 1.82) is 0 Å². The Morgan fingerprint density at radius 2 is 1.88 bits per heavy atom. The molecular weight excluding hydrogens is 324 g/mol. The van der Waals surface area contributed by atoms with Crippen LogP contribution in [0.1, 0.15) is 23.5 Å². The van der Waals surface area contributed by atoms with Crippen molar-refractivity contribution in [3.05, 3.63) is 70.7 Å². The van der Waals surface area contributed by atoms with Crippen molar-refractivity contribution in [2.45, 2.75) is 12.3 Å². The second-order valence-electron chi connectivity index (χ2n) is 5.89. The van der Waals surface area contributed by atoms with Gasteiger partial charge in [-0.1, -0.05) is 54.1 Å². The smallest absolute Gasteiger partial charge is 0.239 e. The molecule has 3 rings (SSSR count). The minimum Gasteiger partial charge on any atom is -0.353 e. The molecule has 0 spiro atoms. The van der Waals surface area contributed by atoms with Gasteiger partial charge in [-0.3, -0.25) is 9.59 Å². The molecule has 124 valence electrons. The number of halogens is 1. The molecule has 0 aromatic heterocycles. The number of carbonyl (C=O) groups is 2. The first-order chi connectivity index (χ1) is 11.6. The van der Waals surface area contributed by atoms with Crippen molar-refractivity contribution in [3.8, 4) is 0 Å². The van der Waals surface area contributed by atoms with Gasteiger partial charge in [-0.25, -0.2) is 0 Å². The summed E-state index contributed by atoms with van der Waals surface area (Å²) in [5.74, 6) is -0.199. The molecular formula is C19H19ClN2O2. The summed E-state index contributed by atoms with van der Waals surface area (Å²) in [6, 6.07) is 17.5. The van der Waals surface area contributed by atoms with Gasteiger partial charge in [0, 0.05) is 30.5 Å². The maximum atomic E-state index is 12.7. The fourth-order valence-electron chi connectivity index (χ4n) is 2.99. The van der Waals surface area contributed by atoms with Gasteiger partial charge in [-0.05, 0) is 23.3 Å². The van der Waals surface area contributed by atoms with Crippen molar-refractivity contribution in [2.24, 2.45) is 0 Å². The van der Waals surface area contributed by atoms with Crippen LogP contribution in [0.5, 0.6) is 0 Å². The van der Waals surface area contributed by atoms with Crippen molar-refractivity contribution in [3.63, 3.8) is 0 Å².